The molecule has 0 aliphatic carbocycles. The highest BCUT2D eigenvalue weighted by atomic mass is 16.3. The van der Waals surface area contributed by atoms with Crippen molar-refractivity contribution in [3.63, 3.8) is 0 Å². The summed E-state index contributed by atoms with van der Waals surface area (Å²) in [6.07, 6.45) is 0. The van der Waals surface area contributed by atoms with E-state index in [0.717, 1.165) is 21.9 Å². The second kappa shape index (κ2) is 9.25. The van der Waals surface area contributed by atoms with E-state index in [0.29, 0.717) is 0 Å². The van der Waals surface area contributed by atoms with Crippen LogP contribution in [0, 0.1) is 13.8 Å². The largest absolute Gasteiger partial charge is 0.456 e. The maximum absolute atomic E-state index is 6.60. The van der Waals surface area contributed by atoms with Crippen molar-refractivity contribution in [3.05, 3.63) is 151 Å². The number of benzene rings is 8. The molecule has 8 aromatic carbocycles. The van der Waals surface area contributed by atoms with Gasteiger partial charge in [-0.25, -0.2) is 0 Å². The summed E-state index contributed by atoms with van der Waals surface area (Å²) >= 11 is 0. The molecule has 0 unspecified atom stereocenters. The van der Waals surface area contributed by atoms with Crippen LogP contribution < -0.4 is 15.7 Å². The fourth-order valence-electron chi connectivity index (χ4n) is 9.37. The van der Waals surface area contributed by atoms with Crippen molar-refractivity contribution in [1.82, 2.24) is 4.57 Å². The summed E-state index contributed by atoms with van der Waals surface area (Å²) in [7, 11) is 0. The molecule has 10 aromatic rings. The van der Waals surface area contributed by atoms with Gasteiger partial charge in [-0.2, -0.15) is 0 Å². The molecule has 232 valence electrons. The quantitative estimate of drug-likeness (QED) is 0.167. The van der Waals surface area contributed by atoms with Crippen LogP contribution in [0.2, 0.25) is 0 Å². The molecule has 4 heterocycles. The molecule has 0 saturated carbocycles. The van der Waals surface area contributed by atoms with Gasteiger partial charge in [-0.3, -0.25) is 0 Å². The molecule has 0 saturated heterocycles. The molecular formula is C46H29BN2O. The summed E-state index contributed by atoms with van der Waals surface area (Å²) < 4.78 is 9.20. The van der Waals surface area contributed by atoms with Gasteiger partial charge in [0.15, 0.2) is 0 Å². The van der Waals surface area contributed by atoms with E-state index >= 15 is 0 Å². The Morgan fingerprint density at radius 1 is 0.520 bits per heavy atom. The summed E-state index contributed by atoms with van der Waals surface area (Å²) in [5, 5.41) is 10.0. The van der Waals surface area contributed by atoms with Gasteiger partial charge in [-0.15, -0.1) is 0 Å². The Morgan fingerprint density at radius 3 is 2.12 bits per heavy atom. The Hall–Kier alpha value is -6.26. The minimum atomic E-state index is -0.0408. The molecular weight excluding hydrogens is 607 g/mol. The fraction of sp³-hybridized carbons (Fsp3) is 0.0435. The number of hydrogen-bond donors (Lipinski definition) is 0. The van der Waals surface area contributed by atoms with E-state index < -0.39 is 0 Å². The monoisotopic (exact) mass is 636 g/mol. The zero-order valence-corrected chi connectivity index (χ0v) is 27.7. The molecule has 0 amide bonds. The van der Waals surface area contributed by atoms with Gasteiger partial charge in [-0.05, 0) is 82.9 Å². The highest BCUT2D eigenvalue weighted by Gasteiger charge is 2.45. The molecule has 3 nitrogen and oxygen atoms in total. The van der Waals surface area contributed by atoms with E-state index in [1.165, 1.54) is 93.6 Å². The Kier molecular flexibility index (Phi) is 4.93. The zero-order chi connectivity index (χ0) is 32.8. The van der Waals surface area contributed by atoms with Crippen LogP contribution in [0.15, 0.2) is 144 Å². The minimum absolute atomic E-state index is 0.0408. The lowest BCUT2D eigenvalue weighted by Crippen LogP contribution is -2.60. The van der Waals surface area contributed by atoms with Gasteiger partial charge in [-0.1, -0.05) is 114 Å². The summed E-state index contributed by atoms with van der Waals surface area (Å²) in [4.78, 5) is 2.62. The number of aromatic nitrogens is 1. The van der Waals surface area contributed by atoms with Gasteiger partial charge in [0.25, 0.3) is 0 Å². The van der Waals surface area contributed by atoms with Crippen molar-refractivity contribution in [1.29, 1.82) is 0 Å². The molecule has 0 fully saturated rings. The van der Waals surface area contributed by atoms with Gasteiger partial charge in [0.1, 0.15) is 11.2 Å². The molecule has 12 rings (SSSR count). The molecule has 0 bridgehead atoms. The Labute approximate surface area is 288 Å². The second-order valence-electron chi connectivity index (χ2n) is 14.2. The molecule has 2 aromatic heterocycles. The SMILES string of the molecule is Cc1ccc(N2B3c4cc(C)ccc4-n4c5c3c(c3ccccc3c5c3ccc5ccccc5c34)-c3cc4oc5ccccc5c4cc32)cc1. The van der Waals surface area contributed by atoms with Crippen molar-refractivity contribution in [2.75, 3.05) is 4.81 Å². The first-order valence-electron chi connectivity index (χ1n) is 17.5. The molecule has 0 radical (unpaired) electrons. The van der Waals surface area contributed by atoms with E-state index in [1.54, 1.807) is 0 Å². The lowest BCUT2D eigenvalue weighted by molar-refractivity contribution is 0.669. The molecule has 50 heavy (non-hydrogen) atoms. The van der Waals surface area contributed by atoms with E-state index in [4.69, 9.17) is 4.42 Å². The summed E-state index contributed by atoms with van der Waals surface area (Å²) in [5.41, 5.74) is 15.8. The first-order chi connectivity index (χ1) is 24.6. The minimum Gasteiger partial charge on any atom is -0.456 e. The van der Waals surface area contributed by atoms with Gasteiger partial charge in [0, 0.05) is 49.6 Å². The lowest BCUT2D eigenvalue weighted by Gasteiger charge is -2.42. The summed E-state index contributed by atoms with van der Waals surface area (Å²) in [6, 6.07) is 51.9. The topological polar surface area (TPSA) is 21.3 Å². The molecule has 2 aliphatic heterocycles. The summed E-state index contributed by atoms with van der Waals surface area (Å²) in [6.45, 7) is 4.35. The molecule has 0 N–H and O–H groups in total. The zero-order valence-electron chi connectivity index (χ0n) is 27.7. The number of para-hydroxylation sites is 1. The van der Waals surface area contributed by atoms with Crippen LogP contribution in [-0.2, 0) is 0 Å². The fourth-order valence-corrected chi connectivity index (χ4v) is 9.37. The number of furan rings is 1. The van der Waals surface area contributed by atoms with E-state index in [2.05, 4.69) is 163 Å². The predicted molar refractivity (Wildman–Crippen MR) is 212 cm³/mol. The Bertz CT molecular complexity index is 3130. The average Bonchev–Trinajstić information content (AvgIpc) is 3.70. The molecule has 2 aliphatic rings. The van der Waals surface area contributed by atoms with Crippen LogP contribution in [0.4, 0.5) is 11.4 Å². The number of hydrogen-bond acceptors (Lipinski definition) is 2. The molecule has 0 atom stereocenters. The number of fused-ring (bicyclic) bond motifs is 16. The van der Waals surface area contributed by atoms with Crippen molar-refractivity contribution in [2.45, 2.75) is 13.8 Å². The van der Waals surface area contributed by atoms with Crippen molar-refractivity contribution in [2.24, 2.45) is 0 Å². The normalized spacial score (nSPS) is 13.3. The predicted octanol–water partition coefficient (Wildman–Crippen LogP) is 10.8. The first kappa shape index (κ1) is 26.7. The van der Waals surface area contributed by atoms with Gasteiger partial charge < -0.3 is 13.8 Å². The van der Waals surface area contributed by atoms with Gasteiger partial charge >= 0.3 is 6.85 Å². The van der Waals surface area contributed by atoms with E-state index in [9.17, 15) is 0 Å². The van der Waals surface area contributed by atoms with E-state index in [-0.39, 0.29) is 6.85 Å². The number of anilines is 2. The highest BCUT2D eigenvalue weighted by Crippen LogP contribution is 2.51. The van der Waals surface area contributed by atoms with Crippen LogP contribution in [0.3, 0.4) is 0 Å². The third-order valence-corrected chi connectivity index (χ3v) is 11.4. The van der Waals surface area contributed by atoms with Crippen molar-refractivity contribution in [3.8, 4) is 16.8 Å². The average molecular weight is 637 g/mol. The number of nitrogens with zero attached hydrogens (tertiary/aromatic N) is 2. The number of aryl methyl sites for hydroxylation is 2. The smallest absolute Gasteiger partial charge is 0.333 e. The molecule has 4 heteroatoms. The Balaban J connectivity index is 1.37. The van der Waals surface area contributed by atoms with Crippen LogP contribution in [0.25, 0.3) is 82.1 Å². The maximum atomic E-state index is 6.60. The van der Waals surface area contributed by atoms with Gasteiger partial charge in [0.05, 0.1) is 11.0 Å². The third-order valence-electron chi connectivity index (χ3n) is 11.4. The standard InChI is InChI=1S/C46H29BN2O/c1-26-15-19-29(20-16-26)49-39-24-35-31-11-7-8-14-40(31)50-41(35)25-36(39)42-32-12-5-6-13-33(32)43-34-21-18-28-9-3-4-10-30(28)45(34)48-38-22-17-27(2)23-37(38)47(49)44(42)46(43)48/h3-25H,1-2H3. The van der Waals surface area contributed by atoms with Crippen molar-refractivity contribution < 1.29 is 4.42 Å². The van der Waals surface area contributed by atoms with E-state index in [1.807, 2.05) is 0 Å². The van der Waals surface area contributed by atoms with Crippen LogP contribution in [-0.4, -0.2) is 11.4 Å². The summed E-state index contributed by atoms with van der Waals surface area (Å²) in [5.74, 6) is 0. The van der Waals surface area contributed by atoms with Crippen LogP contribution >= 0.6 is 0 Å². The molecule has 0 spiro atoms. The van der Waals surface area contributed by atoms with Crippen LogP contribution in [0.5, 0.6) is 0 Å². The Morgan fingerprint density at radius 2 is 1.26 bits per heavy atom. The van der Waals surface area contributed by atoms with Gasteiger partial charge in [0.2, 0.25) is 0 Å². The maximum Gasteiger partial charge on any atom is 0.333 e. The first-order valence-corrected chi connectivity index (χ1v) is 17.5. The third kappa shape index (κ3) is 3.22. The lowest BCUT2D eigenvalue weighted by atomic mass is 9.43. The van der Waals surface area contributed by atoms with Crippen molar-refractivity contribution >= 4 is 94.4 Å². The van der Waals surface area contributed by atoms with Crippen LogP contribution in [0.1, 0.15) is 11.1 Å². The second-order valence-corrected chi connectivity index (χ2v) is 14.2. The highest BCUT2D eigenvalue weighted by molar-refractivity contribution is 6.94. The number of rotatable bonds is 1.